The summed E-state index contributed by atoms with van der Waals surface area (Å²) in [4.78, 5) is 0. The molecule has 2 aliphatic heterocycles. The third-order valence-electron chi connectivity index (χ3n) is 5.78. The van der Waals surface area contributed by atoms with Crippen molar-refractivity contribution in [3.05, 3.63) is 48.0 Å². The molecule has 2 bridgehead atoms. The molecule has 1 N–H and O–H groups in total. The fraction of sp³-hybridized carbons (Fsp3) is 0.368. The maximum Gasteiger partial charge on any atom is 0.156 e. The summed E-state index contributed by atoms with van der Waals surface area (Å²) >= 11 is 0. The summed E-state index contributed by atoms with van der Waals surface area (Å²) in [5, 5.41) is 12.4. The van der Waals surface area contributed by atoms with E-state index in [0.717, 1.165) is 27.5 Å². The van der Waals surface area contributed by atoms with Gasteiger partial charge in [-0.05, 0) is 49.4 Å². The molecule has 0 saturated carbocycles. The zero-order valence-corrected chi connectivity index (χ0v) is 13.9. The van der Waals surface area contributed by atoms with E-state index in [0.29, 0.717) is 25.7 Å². The third-order valence-corrected chi connectivity index (χ3v) is 8.45. The van der Waals surface area contributed by atoms with Gasteiger partial charge in [-0.25, -0.2) is 8.42 Å². The number of fused-ring (bicyclic) bond motifs is 5. The van der Waals surface area contributed by atoms with E-state index in [2.05, 4.69) is 0 Å². The van der Waals surface area contributed by atoms with Crippen LogP contribution in [0.1, 0.15) is 31.2 Å². The zero-order chi connectivity index (χ0) is 16.5. The lowest BCUT2D eigenvalue weighted by Gasteiger charge is -2.36. The molecule has 24 heavy (non-hydrogen) atoms. The molecule has 2 aliphatic rings. The molecule has 3 heterocycles. The summed E-state index contributed by atoms with van der Waals surface area (Å²) in [7, 11) is -3.05. The number of rotatable bonds is 1. The number of hydrogen-bond acceptors (Lipinski definition) is 4. The van der Waals surface area contributed by atoms with Gasteiger partial charge in [0.05, 0.1) is 16.1 Å². The van der Waals surface area contributed by atoms with E-state index >= 15 is 0 Å². The van der Waals surface area contributed by atoms with Gasteiger partial charge in [-0.2, -0.15) is 0 Å². The van der Waals surface area contributed by atoms with Crippen molar-refractivity contribution in [2.45, 2.75) is 41.8 Å². The molecule has 124 valence electrons. The van der Waals surface area contributed by atoms with Crippen molar-refractivity contribution in [1.82, 2.24) is 0 Å². The highest BCUT2D eigenvalue weighted by Crippen LogP contribution is 2.48. The second kappa shape index (κ2) is 4.61. The molecule has 2 atom stereocenters. The molecule has 1 aromatic heterocycles. The molecule has 2 unspecified atom stereocenters. The maximum absolute atomic E-state index is 12.3. The Morgan fingerprint density at radius 1 is 0.958 bits per heavy atom. The van der Waals surface area contributed by atoms with E-state index in [-0.39, 0.29) is 0 Å². The van der Waals surface area contributed by atoms with Gasteiger partial charge in [0.25, 0.3) is 0 Å². The van der Waals surface area contributed by atoms with Crippen molar-refractivity contribution in [2.75, 3.05) is 0 Å². The Kier molecular flexibility index (Phi) is 2.78. The zero-order valence-electron chi connectivity index (χ0n) is 13.1. The minimum absolute atomic E-state index is 0.299. The fourth-order valence-corrected chi connectivity index (χ4v) is 6.99. The monoisotopic (exact) mass is 342 g/mol. The summed E-state index contributed by atoms with van der Waals surface area (Å²) in [6, 6.07) is 13.6. The average molecular weight is 342 g/mol. The first kappa shape index (κ1) is 14.5. The van der Waals surface area contributed by atoms with Crippen molar-refractivity contribution in [3.63, 3.8) is 0 Å². The van der Waals surface area contributed by atoms with Gasteiger partial charge in [-0.3, -0.25) is 0 Å². The predicted octanol–water partition coefficient (Wildman–Crippen LogP) is 3.51. The maximum atomic E-state index is 12.3. The van der Waals surface area contributed by atoms with Gasteiger partial charge in [0.2, 0.25) is 0 Å². The summed E-state index contributed by atoms with van der Waals surface area (Å²) in [6.45, 7) is 0. The van der Waals surface area contributed by atoms with Crippen molar-refractivity contribution < 1.29 is 17.9 Å². The lowest BCUT2D eigenvalue weighted by Crippen LogP contribution is -2.43. The van der Waals surface area contributed by atoms with Gasteiger partial charge in [-0.15, -0.1) is 0 Å². The molecule has 5 rings (SSSR count). The minimum Gasteiger partial charge on any atom is -0.456 e. The van der Waals surface area contributed by atoms with Crippen LogP contribution in [-0.4, -0.2) is 24.0 Å². The van der Waals surface area contributed by atoms with Crippen LogP contribution in [0.2, 0.25) is 0 Å². The van der Waals surface area contributed by atoms with E-state index in [1.54, 1.807) is 0 Å². The first-order valence-corrected chi connectivity index (χ1v) is 9.95. The van der Waals surface area contributed by atoms with Gasteiger partial charge in [0.15, 0.2) is 9.84 Å². The van der Waals surface area contributed by atoms with Crippen LogP contribution in [0.4, 0.5) is 0 Å². The summed E-state index contributed by atoms with van der Waals surface area (Å²) in [6.07, 6.45) is 1.94. The quantitative estimate of drug-likeness (QED) is 0.735. The molecule has 2 fully saturated rings. The summed E-state index contributed by atoms with van der Waals surface area (Å²) < 4.78 is 30.5. The van der Waals surface area contributed by atoms with E-state index in [1.807, 2.05) is 42.5 Å². The summed E-state index contributed by atoms with van der Waals surface area (Å²) in [5.74, 6) is 0. The molecule has 0 radical (unpaired) electrons. The van der Waals surface area contributed by atoms with Crippen LogP contribution in [0.3, 0.4) is 0 Å². The van der Waals surface area contributed by atoms with Crippen molar-refractivity contribution in [2.24, 2.45) is 0 Å². The van der Waals surface area contributed by atoms with Gasteiger partial charge in [0, 0.05) is 10.8 Å². The predicted molar refractivity (Wildman–Crippen MR) is 92.6 cm³/mol. The lowest BCUT2D eigenvalue weighted by molar-refractivity contribution is 0.0174. The molecule has 2 aromatic carbocycles. The van der Waals surface area contributed by atoms with Crippen LogP contribution in [0.25, 0.3) is 21.9 Å². The van der Waals surface area contributed by atoms with Crippen LogP contribution >= 0.6 is 0 Å². The van der Waals surface area contributed by atoms with E-state index < -0.39 is 25.9 Å². The standard InChI is InChI=1S/C19H18O4S/c20-19(10-13-6-7-14(11-19)24(13,21)22)12-5-8-18-16(9-12)15-3-1-2-4-17(15)23-18/h1-5,8-9,13-14,20H,6-7,10-11H2. The van der Waals surface area contributed by atoms with Crippen LogP contribution in [0, 0.1) is 0 Å². The number of benzene rings is 2. The fourth-order valence-electron chi connectivity index (χ4n) is 4.50. The summed E-state index contributed by atoms with van der Waals surface area (Å²) in [5.41, 5.74) is 1.34. The average Bonchev–Trinajstić information content (AvgIpc) is 2.97. The van der Waals surface area contributed by atoms with Crippen LogP contribution in [-0.2, 0) is 15.4 Å². The minimum atomic E-state index is -3.05. The topological polar surface area (TPSA) is 67.5 Å². The molecular weight excluding hydrogens is 324 g/mol. The lowest BCUT2D eigenvalue weighted by atomic mass is 9.85. The molecule has 4 nitrogen and oxygen atoms in total. The highest BCUT2D eigenvalue weighted by Gasteiger charge is 2.53. The number of para-hydroxylation sites is 1. The third kappa shape index (κ3) is 1.85. The van der Waals surface area contributed by atoms with E-state index in [9.17, 15) is 13.5 Å². The van der Waals surface area contributed by atoms with Gasteiger partial charge >= 0.3 is 0 Å². The highest BCUT2D eigenvalue weighted by atomic mass is 32.2. The van der Waals surface area contributed by atoms with Crippen LogP contribution < -0.4 is 0 Å². The Morgan fingerprint density at radius 3 is 2.38 bits per heavy atom. The Labute approximate surface area is 140 Å². The van der Waals surface area contributed by atoms with Crippen LogP contribution in [0.5, 0.6) is 0 Å². The highest BCUT2D eigenvalue weighted by molar-refractivity contribution is 7.93. The Morgan fingerprint density at radius 2 is 1.62 bits per heavy atom. The number of aliphatic hydroxyl groups is 1. The second-order valence-electron chi connectivity index (χ2n) is 7.16. The molecule has 3 aromatic rings. The number of hydrogen-bond donors (Lipinski definition) is 1. The van der Waals surface area contributed by atoms with Crippen molar-refractivity contribution >= 4 is 31.8 Å². The molecule has 2 saturated heterocycles. The molecule has 0 amide bonds. The Balaban J connectivity index is 1.65. The molecule has 0 aliphatic carbocycles. The molecule has 0 spiro atoms. The smallest absolute Gasteiger partial charge is 0.156 e. The Bertz CT molecular complexity index is 1040. The SMILES string of the molecule is O=S1(=O)C2CCC1CC(O)(c1ccc3oc4ccccc4c3c1)C2. The second-order valence-corrected chi connectivity index (χ2v) is 9.67. The first-order chi connectivity index (χ1) is 11.5. The molecular formula is C19H18O4S. The largest absolute Gasteiger partial charge is 0.456 e. The van der Waals surface area contributed by atoms with Crippen molar-refractivity contribution in [3.8, 4) is 0 Å². The molecule has 5 heteroatoms. The van der Waals surface area contributed by atoms with Gasteiger partial charge < -0.3 is 9.52 Å². The van der Waals surface area contributed by atoms with Crippen molar-refractivity contribution in [1.29, 1.82) is 0 Å². The Hall–Kier alpha value is -1.85. The first-order valence-electron chi connectivity index (χ1n) is 8.34. The van der Waals surface area contributed by atoms with E-state index in [4.69, 9.17) is 4.42 Å². The number of sulfone groups is 1. The van der Waals surface area contributed by atoms with Gasteiger partial charge in [-0.1, -0.05) is 24.3 Å². The van der Waals surface area contributed by atoms with Crippen LogP contribution in [0.15, 0.2) is 46.9 Å². The normalized spacial score (nSPS) is 31.7. The number of furan rings is 1. The van der Waals surface area contributed by atoms with E-state index in [1.165, 1.54) is 0 Å². The van der Waals surface area contributed by atoms with Gasteiger partial charge in [0.1, 0.15) is 11.2 Å².